The van der Waals surface area contributed by atoms with Gasteiger partial charge in [-0.2, -0.15) is 0 Å². The molecule has 1 aromatic carbocycles. The number of nitrogens with zero attached hydrogens (tertiary/aromatic N) is 1. The van der Waals surface area contributed by atoms with Crippen LogP contribution in [-0.2, 0) is 4.79 Å². The van der Waals surface area contributed by atoms with Crippen LogP contribution in [0, 0.1) is 11.8 Å². The number of hydrogen-bond acceptors (Lipinski definition) is 4. The quantitative estimate of drug-likeness (QED) is 0.575. The van der Waals surface area contributed by atoms with Crippen LogP contribution in [0.5, 0.6) is 0 Å². The minimum absolute atomic E-state index is 0.0255. The first kappa shape index (κ1) is 15.4. The van der Waals surface area contributed by atoms with E-state index in [0.717, 1.165) is 15.7 Å². The van der Waals surface area contributed by atoms with Gasteiger partial charge >= 0.3 is 0 Å². The molecule has 124 valence electrons. The third-order valence-corrected chi connectivity index (χ3v) is 8.30. The van der Waals surface area contributed by atoms with Crippen molar-refractivity contribution in [2.24, 2.45) is 11.8 Å². The largest absolute Gasteiger partial charge is 0.314 e. The molecule has 3 fully saturated rings. The van der Waals surface area contributed by atoms with Gasteiger partial charge in [0.2, 0.25) is 0 Å². The molecular formula is C19H19NOS3. The highest BCUT2D eigenvalue weighted by atomic mass is 32.2. The summed E-state index contributed by atoms with van der Waals surface area (Å²) >= 11 is 8.08. The zero-order chi connectivity index (χ0) is 16.3. The average Bonchev–Trinajstić information content (AvgIpc) is 3.31. The van der Waals surface area contributed by atoms with Gasteiger partial charge in [0.15, 0.2) is 0 Å². The third kappa shape index (κ3) is 2.44. The Balaban J connectivity index is 1.43. The molecule has 1 aliphatic heterocycles. The summed E-state index contributed by atoms with van der Waals surface area (Å²) in [6.45, 7) is 0. The fraction of sp³-hybridized carbons (Fsp3) is 0.421. The van der Waals surface area contributed by atoms with E-state index in [0.29, 0.717) is 12.0 Å². The van der Waals surface area contributed by atoms with Gasteiger partial charge in [-0.3, -0.25) is 4.79 Å². The summed E-state index contributed by atoms with van der Waals surface area (Å²) < 4.78 is 1.25. The van der Waals surface area contributed by atoms with Crippen molar-refractivity contribution in [2.45, 2.75) is 36.4 Å². The minimum atomic E-state index is -0.0255. The number of hydrogen-bond donors (Lipinski definition) is 1. The van der Waals surface area contributed by atoms with Gasteiger partial charge in [0.1, 0.15) is 4.71 Å². The van der Waals surface area contributed by atoms with Gasteiger partial charge < -0.3 is 4.90 Å². The first-order valence-electron chi connectivity index (χ1n) is 8.57. The first-order chi connectivity index (χ1) is 11.7. The molecule has 24 heavy (non-hydrogen) atoms. The van der Waals surface area contributed by atoms with Crippen LogP contribution in [0.4, 0.5) is 0 Å². The summed E-state index contributed by atoms with van der Waals surface area (Å²) in [5, 5.41) is 1.25. The second-order valence-corrected chi connectivity index (χ2v) is 10.2. The normalized spacial score (nSPS) is 34.1. The van der Waals surface area contributed by atoms with Crippen LogP contribution in [-0.4, -0.2) is 21.6 Å². The van der Waals surface area contributed by atoms with Crippen LogP contribution in [0.2, 0.25) is 0 Å². The lowest BCUT2D eigenvalue weighted by atomic mass is 9.94. The Kier molecular flexibility index (Phi) is 3.72. The van der Waals surface area contributed by atoms with Gasteiger partial charge in [-0.1, -0.05) is 36.4 Å². The summed E-state index contributed by atoms with van der Waals surface area (Å²) in [4.78, 5) is 17.1. The van der Waals surface area contributed by atoms with E-state index < -0.39 is 0 Å². The van der Waals surface area contributed by atoms with Gasteiger partial charge in [0.25, 0.3) is 5.91 Å². The SMILES string of the molecule is O=C1/C(=C/c2cc3ccccc3s2)SC(S)N1C1CC2CCC1C2. The molecule has 5 rings (SSSR count). The maximum atomic E-state index is 13.0. The Morgan fingerprint density at radius 2 is 2.08 bits per heavy atom. The number of thiol groups is 1. The van der Waals surface area contributed by atoms with Crippen LogP contribution in [0.3, 0.4) is 0 Å². The highest BCUT2D eigenvalue weighted by Crippen LogP contribution is 2.51. The molecule has 1 saturated heterocycles. The molecule has 0 N–H and O–H groups in total. The molecule has 1 aromatic heterocycles. The van der Waals surface area contributed by atoms with Crippen molar-refractivity contribution in [1.82, 2.24) is 4.90 Å². The first-order valence-corrected chi connectivity index (χ1v) is 10.8. The molecule has 2 nitrogen and oxygen atoms in total. The van der Waals surface area contributed by atoms with Crippen molar-refractivity contribution in [1.29, 1.82) is 0 Å². The maximum absolute atomic E-state index is 13.0. The smallest absolute Gasteiger partial charge is 0.262 e. The molecule has 2 heterocycles. The lowest BCUT2D eigenvalue weighted by Crippen LogP contribution is -2.42. The van der Waals surface area contributed by atoms with Crippen molar-refractivity contribution in [3.05, 3.63) is 40.1 Å². The van der Waals surface area contributed by atoms with E-state index in [1.165, 1.54) is 35.8 Å². The van der Waals surface area contributed by atoms with Gasteiger partial charge in [0.05, 0.1) is 4.91 Å². The van der Waals surface area contributed by atoms with Crippen LogP contribution >= 0.6 is 35.7 Å². The lowest BCUT2D eigenvalue weighted by Gasteiger charge is -2.33. The molecule has 2 aliphatic carbocycles. The Hall–Kier alpha value is -0.910. The average molecular weight is 374 g/mol. The van der Waals surface area contributed by atoms with Crippen molar-refractivity contribution in [2.75, 3.05) is 0 Å². The minimum Gasteiger partial charge on any atom is -0.314 e. The molecule has 2 aromatic rings. The number of thioether (sulfide) groups is 1. The fourth-order valence-corrected chi connectivity index (χ4v) is 7.31. The van der Waals surface area contributed by atoms with Gasteiger partial charge in [-0.05, 0) is 54.7 Å². The summed E-state index contributed by atoms with van der Waals surface area (Å²) in [6.07, 6.45) is 7.21. The van der Waals surface area contributed by atoms with Crippen LogP contribution < -0.4 is 0 Å². The van der Waals surface area contributed by atoms with Crippen molar-refractivity contribution < 1.29 is 4.79 Å². The Morgan fingerprint density at radius 1 is 1.21 bits per heavy atom. The van der Waals surface area contributed by atoms with E-state index in [1.807, 2.05) is 0 Å². The van der Waals surface area contributed by atoms with Crippen LogP contribution in [0.1, 0.15) is 30.6 Å². The molecule has 5 heteroatoms. The molecule has 0 radical (unpaired) electrons. The van der Waals surface area contributed by atoms with E-state index >= 15 is 0 Å². The summed E-state index contributed by atoms with van der Waals surface area (Å²) in [5.41, 5.74) is 0. The zero-order valence-electron chi connectivity index (χ0n) is 13.2. The van der Waals surface area contributed by atoms with Crippen molar-refractivity contribution in [3.63, 3.8) is 0 Å². The standard InChI is InChI=1S/C19H19NOS3/c21-18-17(10-14-9-13-3-1-2-4-16(13)23-14)24-19(22)20(18)15-8-11-5-6-12(15)7-11/h1-4,9-12,15,19,22H,5-8H2/b17-10-. The Morgan fingerprint density at radius 3 is 2.83 bits per heavy atom. The van der Waals surface area contributed by atoms with Gasteiger partial charge in [-0.15, -0.1) is 24.0 Å². The maximum Gasteiger partial charge on any atom is 0.262 e. The van der Waals surface area contributed by atoms with Crippen molar-refractivity contribution >= 4 is 57.8 Å². The molecule has 4 unspecified atom stereocenters. The Bertz CT molecular complexity index is 809. The number of rotatable bonds is 2. The third-order valence-electron chi connectivity index (χ3n) is 5.69. The predicted octanol–water partition coefficient (Wildman–Crippen LogP) is 5.22. The number of benzene rings is 1. The molecule has 1 amide bonds. The van der Waals surface area contributed by atoms with Crippen LogP contribution in [0.25, 0.3) is 16.2 Å². The highest BCUT2D eigenvalue weighted by Gasteiger charge is 2.48. The summed E-state index contributed by atoms with van der Waals surface area (Å²) in [5.74, 6) is 1.74. The Labute approximate surface area is 155 Å². The second kappa shape index (κ2) is 5.82. The number of thiophene rings is 1. The number of amides is 1. The fourth-order valence-electron chi connectivity index (χ4n) is 4.61. The number of fused-ring (bicyclic) bond motifs is 3. The predicted molar refractivity (Wildman–Crippen MR) is 106 cm³/mol. The highest BCUT2D eigenvalue weighted by molar-refractivity contribution is 8.14. The van der Waals surface area contributed by atoms with E-state index in [-0.39, 0.29) is 10.6 Å². The van der Waals surface area contributed by atoms with E-state index in [4.69, 9.17) is 12.6 Å². The zero-order valence-corrected chi connectivity index (χ0v) is 15.7. The summed E-state index contributed by atoms with van der Waals surface area (Å²) in [6, 6.07) is 11.0. The van der Waals surface area contributed by atoms with Gasteiger partial charge in [-0.25, -0.2) is 0 Å². The molecule has 2 saturated carbocycles. The molecular weight excluding hydrogens is 354 g/mol. The van der Waals surface area contributed by atoms with Gasteiger partial charge in [0, 0.05) is 15.6 Å². The molecule has 4 atom stereocenters. The topological polar surface area (TPSA) is 20.3 Å². The van der Waals surface area contributed by atoms with Crippen LogP contribution in [0.15, 0.2) is 35.2 Å². The molecule has 3 aliphatic rings. The summed E-state index contributed by atoms with van der Waals surface area (Å²) in [7, 11) is 0. The number of carbonyl (C=O) groups is 1. The van der Waals surface area contributed by atoms with E-state index in [2.05, 4.69) is 41.3 Å². The van der Waals surface area contributed by atoms with E-state index in [1.54, 1.807) is 23.1 Å². The molecule has 2 bridgehead atoms. The van der Waals surface area contributed by atoms with E-state index in [9.17, 15) is 4.79 Å². The van der Waals surface area contributed by atoms with Crippen molar-refractivity contribution in [3.8, 4) is 0 Å². The monoisotopic (exact) mass is 373 g/mol. The second-order valence-electron chi connectivity index (χ2n) is 7.09. The lowest BCUT2D eigenvalue weighted by molar-refractivity contribution is -0.128. The molecule has 0 spiro atoms. The number of carbonyl (C=O) groups excluding carboxylic acids is 1.